The normalized spacial score (nSPS) is 14.9. The Hall–Kier alpha value is -2.53. The molecule has 4 rings (SSSR count). The van der Waals surface area contributed by atoms with Gasteiger partial charge in [-0.1, -0.05) is 29.5 Å². The predicted molar refractivity (Wildman–Crippen MR) is 134 cm³/mol. The summed E-state index contributed by atoms with van der Waals surface area (Å²) in [4.78, 5) is 22.5. The van der Waals surface area contributed by atoms with E-state index >= 15 is 0 Å². The molecule has 8 nitrogen and oxygen atoms in total. The number of ether oxygens (including phenoxy) is 2. The Morgan fingerprint density at radius 2 is 1.94 bits per heavy atom. The van der Waals surface area contributed by atoms with E-state index in [-0.39, 0.29) is 16.4 Å². The number of methoxy groups -OCH3 is 1. The zero-order valence-electron chi connectivity index (χ0n) is 19.6. The summed E-state index contributed by atoms with van der Waals surface area (Å²) in [7, 11) is -1.99. The Morgan fingerprint density at radius 3 is 2.65 bits per heavy atom. The fraction of sp³-hybridized carbons (Fsp3) is 0.417. The van der Waals surface area contributed by atoms with Crippen molar-refractivity contribution >= 4 is 42.4 Å². The number of anilines is 1. The molecule has 2 aromatic carbocycles. The van der Waals surface area contributed by atoms with Gasteiger partial charge in [-0.05, 0) is 37.1 Å². The highest BCUT2D eigenvalue weighted by Gasteiger charge is 2.27. The van der Waals surface area contributed by atoms with Crippen LogP contribution in [0.1, 0.15) is 22.3 Å². The third-order valence-electron chi connectivity index (χ3n) is 5.86. The maximum absolute atomic E-state index is 13.8. The second kappa shape index (κ2) is 10.4. The first-order valence-electron chi connectivity index (χ1n) is 11.1. The second-order valence-corrected chi connectivity index (χ2v) is 11.3. The molecule has 0 aliphatic carbocycles. The number of amides is 1. The lowest BCUT2D eigenvalue weighted by Crippen LogP contribution is -2.39. The minimum Gasteiger partial charge on any atom is -0.494 e. The van der Waals surface area contributed by atoms with E-state index < -0.39 is 9.84 Å². The molecule has 1 aliphatic heterocycles. The Balaban J connectivity index is 1.71. The third-order valence-corrected chi connectivity index (χ3v) is 8.23. The monoisotopic (exact) mass is 503 g/mol. The molecular formula is C24H29N3O5S2. The number of nitrogens with zero attached hydrogens (tertiary/aromatic N) is 3. The van der Waals surface area contributed by atoms with Crippen molar-refractivity contribution < 1.29 is 22.7 Å². The Bertz CT molecular complexity index is 1280. The Morgan fingerprint density at radius 1 is 1.21 bits per heavy atom. The lowest BCUT2D eigenvalue weighted by atomic mass is 10.2. The molecule has 0 spiro atoms. The number of carbonyl (C=O) groups is 1. The molecule has 0 N–H and O–H groups in total. The maximum atomic E-state index is 13.8. The van der Waals surface area contributed by atoms with E-state index in [1.165, 1.54) is 17.4 Å². The van der Waals surface area contributed by atoms with Crippen LogP contribution in [0.4, 0.5) is 5.13 Å². The number of aromatic nitrogens is 1. The van der Waals surface area contributed by atoms with Crippen LogP contribution in [-0.4, -0.2) is 77.0 Å². The number of carbonyl (C=O) groups excluding carboxylic acids is 1. The van der Waals surface area contributed by atoms with Crippen molar-refractivity contribution in [2.24, 2.45) is 0 Å². The molecule has 1 saturated heterocycles. The van der Waals surface area contributed by atoms with Crippen LogP contribution in [0.25, 0.3) is 10.2 Å². The number of aryl methyl sites for hydroxylation is 1. The fourth-order valence-electron chi connectivity index (χ4n) is 4.05. The topological polar surface area (TPSA) is 89.0 Å². The minimum absolute atomic E-state index is 0.0213. The molecule has 0 radical (unpaired) electrons. The van der Waals surface area contributed by atoms with Gasteiger partial charge in [0.15, 0.2) is 15.0 Å². The lowest BCUT2D eigenvalue weighted by Gasteiger charge is -2.28. The molecule has 0 unspecified atom stereocenters. The van der Waals surface area contributed by atoms with Crippen LogP contribution >= 0.6 is 11.3 Å². The Labute approximate surface area is 204 Å². The summed E-state index contributed by atoms with van der Waals surface area (Å²) in [5, 5.41) is 0.526. The first-order valence-corrected chi connectivity index (χ1v) is 13.9. The molecule has 1 aromatic heterocycles. The van der Waals surface area contributed by atoms with Crippen molar-refractivity contribution in [3.05, 3.63) is 47.5 Å². The van der Waals surface area contributed by atoms with Crippen LogP contribution in [0, 0.1) is 6.92 Å². The highest BCUT2D eigenvalue weighted by Crippen LogP contribution is 2.37. The van der Waals surface area contributed by atoms with Gasteiger partial charge in [0, 0.05) is 32.4 Å². The predicted octanol–water partition coefficient (Wildman–Crippen LogP) is 3.39. The lowest BCUT2D eigenvalue weighted by molar-refractivity contribution is 0.0376. The molecule has 182 valence electrons. The summed E-state index contributed by atoms with van der Waals surface area (Å²) in [5.41, 5.74) is 1.89. The van der Waals surface area contributed by atoms with Gasteiger partial charge in [-0.3, -0.25) is 14.6 Å². The smallest absolute Gasteiger partial charge is 0.261 e. The van der Waals surface area contributed by atoms with E-state index in [1.54, 1.807) is 30.2 Å². The van der Waals surface area contributed by atoms with Crippen molar-refractivity contribution in [1.29, 1.82) is 0 Å². The van der Waals surface area contributed by atoms with Gasteiger partial charge in [0.1, 0.15) is 11.3 Å². The quantitative estimate of drug-likeness (QED) is 0.466. The highest BCUT2D eigenvalue weighted by molar-refractivity contribution is 7.90. The largest absolute Gasteiger partial charge is 0.494 e. The number of thiazole rings is 1. The summed E-state index contributed by atoms with van der Waals surface area (Å²) >= 11 is 1.41. The van der Waals surface area contributed by atoms with Crippen LogP contribution in [0.5, 0.6) is 5.75 Å². The molecule has 2 heterocycles. The summed E-state index contributed by atoms with van der Waals surface area (Å²) in [6, 6.07) is 10.2. The molecule has 1 amide bonds. The van der Waals surface area contributed by atoms with E-state index in [2.05, 4.69) is 4.90 Å². The van der Waals surface area contributed by atoms with Crippen LogP contribution in [0.2, 0.25) is 0 Å². The van der Waals surface area contributed by atoms with Gasteiger partial charge in [-0.25, -0.2) is 13.4 Å². The number of benzene rings is 2. The van der Waals surface area contributed by atoms with Crippen LogP contribution < -0.4 is 9.64 Å². The van der Waals surface area contributed by atoms with Crippen molar-refractivity contribution in [1.82, 2.24) is 9.88 Å². The van der Waals surface area contributed by atoms with E-state index in [4.69, 9.17) is 14.5 Å². The highest BCUT2D eigenvalue weighted by atomic mass is 32.2. The molecule has 0 atom stereocenters. The van der Waals surface area contributed by atoms with Crippen LogP contribution in [0.15, 0.2) is 41.3 Å². The summed E-state index contributed by atoms with van der Waals surface area (Å²) in [6.07, 6.45) is 1.84. The van der Waals surface area contributed by atoms with Crippen molar-refractivity contribution in [3.63, 3.8) is 0 Å². The van der Waals surface area contributed by atoms with E-state index in [0.29, 0.717) is 36.2 Å². The van der Waals surface area contributed by atoms with Gasteiger partial charge in [0.2, 0.25) is 0 Å². The van der Waals surface area contributed by atoms with E-state index in [1.807, 2.05) is 19.1 Å². The number of morpholine rings is 1. The standard InChI is InChI=1S/C24H29N3O5S2/c1-17-9-10-19(31-2)21-22(17)33-24(25-21)27(12-6-11-26-13-15-32-16-14-26)23(28)18-7-4-5-8-20(18)34(3,29)30/h4-5,7-10H,6,11-16H2,1-3H3. The van der Waals surface area contributed by atoms with Gasteiger partial charge in [-0.15, -0.1) is 0 Å². The molecule has 3 aromatic rings. The van der Waals surface area contributed by atoms with Crippen molar-refractivity contribution in [2.75, 3.05) is 57.7 Å². The summed E-state index contributed by atoms with van der Waals surface area (Å²) in [5.74, 6) is 0.263. The molecular weight excluding hydrogens is 474 g/mol. The number of hydrogen-bond acceptors (Lipinski definition) is 8. The maximum Gasteiger partial charge on any atom is 0.261 e. The van der Waals surface area contributed by atoms with Crippen LogP contribution in [-0.2, 0) is 14.6 Å². The number of hydrogen-bond donors (Lipinski definition) is 0. The molecule has 0 bridgehead atoms. The van der Waals surface area contributed by atoms with Crippen molar-refractivity contribution in [3.8, 4) is 5.75 Å². The van der Waals surface area contributed by atoms with Gasteiger partial charge >= 0.3 is 0 Å². The second-order valence-electron chi connectivity index (χ2n) is 8.29. The van der Waals surface area contributed by atoms with E-state index in [9.17, 15) is 13.2 Å². The molecule has 1 aliphatic rings. The average Bonchev–Trinajstić information content (AvgIpc) is 3.28. The third kappa shape index (κ3) is 5.25. The van der Waals surface area contributed by atoms with Gasteiger partial charge in [0.05, 0.1) is 35.5 Å². The van der Waals surface area contributed by atoms with Gasteiger partial charge in [0.25, 0.3) is 5.91 Å². The fourth-order valence-corrected chi connectivity index (χ4v) is 6.01. The van der Waals surface area contributed by atoms with Gasteiger partial charge < -0.3 is 9.47 Å². The van der Waals surface area contributed by atoms with Crippen molar-refractivity contribution in [2.45, 2.75) is 18.2 Å². The number of rotatable bonds is 8. The first kappa shape index (κ1) is 24.6. The van der Waals surface area contributed by atoms with E-state index in [0.717, 1.165) is 42.6 Å². The van der Waals surface area contributed by atoms with Gasteiger partial charge in [-0.2, -0.15) is 0 Å². The average molecular weight is 504 g/mol. The number of fused-ring (bicyclic) bond motifs is 1. The van der Waals surface area contributed by atoms with Crippen LogP contribution in [0.3, 0.4) is 0 Å². The molecule has 10 heteroatoms. The zero-order valence-corrected chi connectivity index (χ0v) is 21.2. The summed E-state index contributed by atoms with van der Waals surface area (Å²) in [6.45, 7) is 6.37. The number of sulfone groups is 1. The Kier molecular flexibility index (Phi) is 7.51. The molecule has 0 saturated carbocycles. The minimum atomic E-state index is -3.58. The summed E-state index contributed by atoms with van der Waals surface area (Å²) < 4.78 is 36.6. The zero-order chi connectivity index (χ0) is 24.3. The SMILES string of the molecule is COc1ccc(C)c2sc(N(CCCN3CCOCC3)C(=O)c3ccccc3S(C)(=O)=O)nc12. The molecule has 1 fully saturated rings. The first-order chi connectivity index (χ1) is 16.3. The molecule has 34 heavy (non-hydrogen) atoms.